The van der Waals surface area contributed by atoms with Crippen molar-refractivity contribution in [2.45, 2.75) is 13.3 Å². The topological polar surface area (TPSA) is 20.2 Å². The SMILES string of the molecule is C[C](O)C(F)F. The highest BCUT2D eigenvalue weighted by Crippen LogP contribution is 2.04. The summed E-state index contributed by atoms with van der Waals surface area (Å²) in [5.41, 5.74) is 0. The Balaban J connectivity index is 2.99. The summed E-state index contributed by atoms with van der Waals surface area (Å²) in [4.78, 5) is 0. The number of hydrogen-bond donors (Lipinski definition) is 1. The molecule has 0 aliphatic carbocycles. The number of hydrogen-bond acceptors (Lipinski definition) is 1. The lowest BCUT2D eigenvalue weighted by Gasteiger charge is -1.94. The van der Waals surface area contributed by atoms with E-state index < -0.39 is 12.5 Å². The van der Waals surface area contributed by atoms with Gasteiger partial charge in [-0.1, -0.05) is 0 Å². The Bertz CT molecular complexity index is 29.8. The molecular weight excluding hydrogens is 90.0 g/mol. The normalized spacial score (nSPS) is 11.0. The summed E-state index contributed by atoms with van der Waals surface area (Å²) in [5, 5.41) is 7.80. The van der Waals surface area contributed by atoms with Crippen LogP contribution in [-0.4, -0.2) is 11.5 Å². The molecule has 1 N–H and O–H groups in total. The highest BCUT2D eigenvalue weighted by molar-refractivity contribution is 4.68. The van der Waals surface area contributed by atoms with Gasteiger partial charge in [0.1, 0.15) is 0 Å². The van der Waals surface area contributed by atoms with Gasteiger partial charge < -0.3 is 5.11 Å². The number of rotatable bonds is 1. The molecule has 6 heavy (non-hydrogen) atoms. The van der Waals surface area contributed by atoms with Crippen LogP contribution < -0.4 is 0 Å². The molecule has 0 aliphatic heterocycles. The van der Waals surface area contributed by atoms with Gasteiger partial charge in [0.2, 0.25) is 0 Å². The number of halogens is 2. The van der Waals surface area contributed by atoms with Gasteiger partial charge in [-0.3, -0.25) is 0 Å². The van der Waals surface area contributed by atoms with Crippen LogP contribution in [0.4, 0.5) is 8.78 Å². The van der Waals surface area contributed by atoms with E-state index in [4.69, 9.17) is 5.11 Å². The van der Waals surface area contributed by atoms with Crippen molar-refractivity contribution in [3.63, 3.8) is 0 Å². The second kappa shape index (κ2) is 2.08. The lowest BCUT2D eigenvalue weighted by molar-refractivity contribution is 0.0793. The maximum atomic E-state index is 10.9. The molecular formula is C3H5F2O. The number of aliphatic hydroxyl groups excluding tert-OH is 1. The van der Waals surface area contributed by atoms with Gasteiger partial charge in [-0.05, 0) is 6.92 Å². The third-order valence-corrected chi connectivity index (χ3v) is 0.316. The molecule has 1 radical (unpaired) electrons. The first-order valence-corrected chi connectivity index (χ1v) is 1.45. The first-order valence-electron chi connectivity index (χ1n) is 1.45. The van der Waals surface area contributed by atoms with Crippen LogP contribution in [0, 0.1) is 6.10 Å². The van der Waals surface area contributed by atoms with E-state index in [0.717, 1.165) is 6.92 Å². The lowest BCUT2D eigenvalue weighted by Crippen LogP contribution is -2.00. The fourth-order valence-corrected chi connectivity index (χ4v) is 0. The van der Waals surface area contributed by atoms with Gasteiger partial charge in [-0.2, -0.15) is 0 Å². The Labute approximate surface area is 34.6 Å². The van der Waals surface area contributed by atoms with Crippen molar-refractivity contribution in [1.29, 1.82) is 0 Å². The van der Waals surface area contributed by atoms with E-state index in [0.29, 0.717) is 0 Å². The van der Waals surface area contributed by atoms with Crippen LogP contribution in [0.3, 0.4) is 0 Å². The third kappa shape index (κ3) is 2.08. The molecule has 0 amide bonds. The van der Waals surface area contributed by atoms with Crippen LogP contribution in [0.5, 0.6) is 0 Å². The van der Waals surface area contributed by atoms with Crippen LogP contribution in [0.25, 0.3) is 0 Å². The van der Waals surface area contributed by atoms with Crippen molar-refractivity contribution in [2.75, 3.05) is 0 Å². The zero-order valence-electron chi connectivity index (χ0n) is 3.28. The summed E-state index contributed by atoms with van der Waals surface area (Å²) in [7, 11) is 0. The summed E-state index contributed by atoms with van der Waals surface area (Å²) >= 11 is 0. The molecule has 0 aromatic rings. The molecule has 3 heteroatoms. The summed E-state index contributed by atoms with van der Waals surface area (Å²) in [5.74, 6) is 0. The van der Waals surface area contributed by atoms with Crippen molar-refractivity contribution < 1.29 is 13.9 Å². The second-order valence-corrected chi connectivity index (χ2v) is 0.942. The largest absolute Gasteiger partial charge is 0.381 e. The number of alkyl halides is 2. The summed E-state index contributed by atoms with van der Waals surface area (Å²) < 4.78 is 21.7. The van der Waals surface area contributed by atoms with Gasteiger partial charge in [0.25, 0.3) is 6.43 Å². The van der Waals surface area contributed by atoms with Crippen LogP contribution >= 0.6 is 0 Å². The Morgan fingerprint density at radius 3 is 1.83 bits per heavy atom. The van der Waals surface area contributed by atoms with Gasteiger partial charge in [-0.15, -0.1) is 0 Å². The molecule has 0 aliphatic rings. The van der Waals surface area contributed by atoms with Gasteiger partial charge in [0, 0.05) is 0 Å². The molecule has 0 fully saturated rings. The van der Waals surface area contributed by atoms with E-state index in [-0.39, 0.29) is 0 Å². The molecule has 0 aromatic carbocycles. The zero-order valence-corrected chi connectivity index (χ0v) is 3.28. The molecule has 0 atom stereocenters. The minimum atomic E-state index is -2.68. The maximum Gasteiger partial charge on any atom is 0.269 e. The Hall–Kier alpha value is -0.180. The van der Waals surface area contributed by atoms with Crippen LogP contribution in [0.2, 0.25) is 0 Å². The Morgan fingerprint density at radius 2 is 1.83 bits per heavy atom. The molecule has 0 rings (SSSR count). The molecule has 0 aromatic heterocycles. The van der Waals surface area contributed by atoms with E-state index in [2.05, 4.69) is 0 Å². The van der Waals surface area contributed by atoms with Gasteiger partial charge in [-0.25, -0.2) is 8.78 Å². The van der Waals surface area contributed by atoms with Crippen molar-refractivity contribution in [2.24, 2.45) is 0 Å². The van der Waals surface area contributed by atoms with Crippen LogP contribution in [0.15, 0.2) is 0 Å². The standard InChI is InChI=1S/C3H5F2O/c1-2(6)3(4)5/h3,6H,1H3. The zero-order chi connectivity index (χ0) is 5.15. The van der Waals surface area contributed by atoms with Crippen LogP contribution in [0.1, 0.15) is 6.92 Å². The minimum Gasteiger partial charge on any atom is -0.381 e. The molecule has 0 heterocycles. The Kier molecular flexibility index (Phi) is 2.01. The minimum absolute atomic E-state index is 0.824. The van der Waals surface area contributed by atoms with Crippen molar-refractivity contribution in [3.05, 3.63) is 6.10 Å². The Morgan fingerprint density at radius 1 is 1.67 bits per heavy atom. The molecule has 0 spiro atoms. The molecule has 0 unspecified atom stereocenters. The molecule has 0 saturated carbocycles. The van der Waals surface area contributed by atoms with Gasteiger partial charge in [0.05, 0.1) is 0 Å². The highest BCUT2D eigenvalue weighted by atomic mass is 19.3. The summed E-state index contributed by atoms with van der Waals surface area (Å²) in [6.07, 6.45) is -3.50. The van der Waals surface area contributed by atoms with E-state index in [1.54, 1.807) is 0 Å². The third-order valence-electron chi connectivity index (χ3n) is 0.316. The first-order chi connectivity index (χ1) is 2.64. The molecule has 0 bridgehead atoms. The average Bonchev–Trinajstić information content (AvgIpc) is 1.36. The second-order valence-electron chi connectivity index (χ2n) is 0.942. The predicted molar refractivity (Wildman–Crippen MR) is 16.9 cm³/mol. The van der Waals surface area contributed by atoms with Gasteiger partial charge >= 0.3 is 0 Å². The smallest absolute Gasteiger partial charge is 0.269 e. The van der Waals surface area contributed by atoms with E-state index >= 15 is 0 Å². The van der Waals surface area contributed by atoms with E-state index in [1.807, 2.05) is 0 Å². The molecule has 37 valence electrons. The lowest BCUT2D eigenvalue weighted by atomic mass is 10.4. The average molecular weight is 95.1 g/mol. The molecule has 1 nitrogen and oxygen atoms in total. The van der Waals surface area contributed by atoms with E-state index in [9.17, 15) is 8.78 Å². The predicted octanol–water partition coefficient (Wildman–Crippen LogP) is 1.18. The van der Waals surface area contributed by atoms with Crippen molar-refractivity contribution >= 4 is 0 Å². The van der Waals surface area contributed by atoms with Crippen molar-refractivity contribution in [1.82, 2.24) is 0 Å². The van der Waals surface area contributed by atoms with Crippen molar-refractivity contribution in [3.8, 4) is 0 Å². The van der Waals surface area contributed by atoms with Gasteiger partial charge in [0.15, 0.2) is 6.10 Å². The number of aliphatic hydroxyl groups is 1. The quantitative estimate of drug-likeness (QED) is 0.518. The maximum absolute atomic E-state index is 10.9. The highest BCUT2D eigenvalue weighted by Gasteiger charge is 2.09. The fraction of sp³-hybridized carbons (Fsp3) is 0.667. The fourth-order valence-electron chi connectivity index (χ4n) is 0. The summed E-state index contributed by atoms with van der Waals surface area (Å²) in [6.45, 7) is 0.963. The van der Waals surface area contributed by atoms with Crippen LogP contribution in [-0.2, 0) is 0 Å². The molecule has 0 saturated heterocycles. The first kappa shape index (κ1) is 5.82. The monoisotopic (exact) mass is 95.0 g/mol. The summed E-state index contributed by atoms with van der Waals surface area (Å²) in [6, 6.07) is 0. The van der Waals surface area contributed by atoms with E-state index in [1.165, 1.54) is 0 Å².